The maximum Gasteiger partial charge on any atom is 0.324 e. The first-order valence-electron chi connectivity index (χ1n) is 10.4. The summed E-state index contributed by atoms with van der Waals surface area (Å²) in [5.41, 5.74) is 1.96. The maximum atomic E-state index is 13.1. The molecule has 0 aliphatic carbocycles. The number of hydrogen-bond acceptors (Lipinski definition) is 8. The standard InChI is InChI=1S/C24H22N6O3S/c1-28(2)29-16-22(33-27-29)26-21(31)17-34-24-25-20(15-9-12-18-10-5-3-6-11-18)23(32)30(24)19-13-7-4-8-14-19/h3-16H,17H2,1-2H3/b12-9+,20-15+. The number of amidine groups is 1. The molecule has 0 radical (unpaired) electrons. The van der Waals surface area contributed by atoms with Crippen LogP contribution in [0.5, 0.6) is 0 Å². The van der Waals surface area contributed by atoms with Crippen molar-refractivity contribution in [2.45, 2.75) is 0 Å². The molecule has 1 amide bonds. The zero-order chi connectivity index (χ0) is 23.9. The highest BCUT2D eigenvalue weighted by Crippen LogP contribution is 2.28. The third kappa shape index (κ3) is 5.59. The first kappa shape index (κ1) is 23.0. The molecule has 0 N–H and O–H groups in total. The van der Waals surface area contributed by atoms with E-state index in [9.17, 15) is 9.90 Å². The molecule has 0 unspecified atom stereocenters. The van der Waals surface area contributed by atoms with Crippen molar-refractivity contribution in [1.82, 2.24) is 5.27 Å². The number of carbonyl (C=O) groups excluding carboxylic acids is 1. The lowest BCUT2D eigenvalue weighted by molar-refractivity contribution is -0.753. The molecular formula is C24H22N6O3S. The number of allylic oxidation sites excluding steroid dienone is 2. The van der Waals surface area contributed by atoms with Crippen LogP contribution in [0.15, 0.2) is 99.2 Å². The smallest absolute Gasteiger partial charge is 0.324 e. The minimum atomic E-state index is -0.434. The Hall–Kier alpha value is -4.18. The van der Waals surface area contributed by atoms with Gasteiger partial charge >= 0.3 is 5.88 Å². The average Bonchev–Trinajstić information content (AvgIpc) is 3.43. The Balaban J connectivity index is 1.53. The molecule has 0 saturated heterocycles. The van der Waals surface area contributed by atoms with Gasteiger partial charge in [-0.05, 0) is 29.7 Å². The van der Waals surface area contributed by atoms with Crippen LogP contribution in [0.2, 0.25) is 0 Å². The Morgan fingerprint density at radius 2 is 1.88 bits per heavy atom. The summed E-state index contributed by atoms with van der Waals surface area (Å²) in [6.45, 7) is 0. The highest BCUT2D eigenvalue weighted by atomic mass is 32.2. The van der Waals surface area contributed by atoms with Crippen LogP contribution < -0.4 is 19.8 Å². The topological polar surface area (TPSA) is 101 Å². The Kier molecular flexibility index (Phi) is 7.19. The van der Waals surface area contributed by atoms with Gasteiger partial charge in [-0.25, -0.2) is 9.98 Å². The van der Waals surface area contributed by atoms with Crippen molar-refractivity contribution < 1.29 is 19.2 Å². The summed E-state index contributed by atoms with van der Waals surface area (Å²) in [5, 5.41) is 18.2. The number of hydrogen-bond donors (Lipinski definition) is 0. The lowest BCUT2D eigenvalue weighted by Crippen LogP contribution is -2.53. The van der Waals surface area contributed by atoms with E-state index < -0.39 is 5.90 Å². The van der Waals surface area contributed by atoms with Crippen molar-refractivity contribution in [2.24, 2.45) is 9.98 Å². The number of thioether (sulfide) groups is 1. The summed E-state index contributed by atoms with van der Waals surface area (Å²) in [6.07, 6.45) is 6.84. The van der Waals surface area contributed by atoms with E-state index in [2.05, 4.69) is 15.3 Å². The van der Waals surface area contributed by atoms with E-state index in [0.29, 0.717) is 10.9 Å². The second-order valence-corrected chi connectivity index (χ2v) is 8.24. The van der Waals surface area contributed by atoms with Gasteiger partial charge in [0, 0.05) is 5.75 Å². The van der Waals surface area contributed by atoms with Crippen LogP contribution in [0.3, 0.4) is 0 Å². The predicted octanol–water partition coefficient (Wildman–Crippen LogP) is 2.28. The summed E-state index contributed by atoms with van der Waals surface area (Å²) >= 11 is 1.13. The largest absolute Gasteiger partial charge is 0.861 e. The number of carbonyl (C=O) groups is 1. The van der Waals surface area contributed by atoms with Gasteiger partial charge < -0.3 is 5.11 Å². The van der Waals surface area contributed by atoms with Crippen molar-refractivity contribution in [3.8, 4) is 0 Å². The van der Waals surface area contributed by atoms with E-state index in [0.717, 1.165) is 17.3 Å². The molecule has 1 aliphatic rings. The molecule has 1 aliphatic heterocycles. The molecule has 172 valence electrons. The van der Waals surface area contributed by atoms with Crippen LogP contribution in [-0.2, 0) is 4.79 Å². The molecule has 0 saturated carbocycles. The lowest BCUT2D eigenvalue weighted by Gasteiger charge is -2.18. The third-order valence-corrected chi connectivity index (χ3v) is 5.52. The second kappa shape index (κ2) is 10.6. The van der Waals surface area contributed by atoms with Crippen molar-refractivity contribution >= 4 is 46.4 Å². The molecule has 4 rings (SSSR count). The first-order chi connectivity index (χ1) is 16.5. The van der Waals surface area contributed by atoms with Gasteiger partial charge in [0.25, 0.3) is 12.1 Å². The molecule has 0 fully saturated rings. The van der Waals surface area contributed by atoms with Gasteiger partial charge in [-0.1, -0.05) is 72.4 Å². The minimum Gasteiger partial charge on any atom is -0.861 e. The van der Waals surface area contributed by atoms with Crippen molar-refractivity contribution in [3.63, 3.8) is 0 Å². The fraction of sp³-hybridized carbons (Fsp3) is 0.125. The molecule has 0 bridgehead atoms. The van der Waals surface area contributed by atoms with Gasteiger partial charge in [0.2, 0.25) is 5.27 Å². The number of amides is 1. The highest BCUT2D eigenvalue weighted by molar-refractivity contribution is 8.14. The number of para-hydroxylation sites is 1. The molecule has 3 aromatic rings. The lowest BCUT2D eigenvalue weighted by atomic mass is 10.2. The van der Waals surface area contributed by atoms with Crippen molar-refractivity contribution in [3.05, 3.63) is 90.3 Å². The summed E-state index contributed by atoms with van der Waals surface area (Å²) < 4.78 is 5.04. The monoisotopic (exact) mass is 474 g/mol. The summed E-state index contributed by atoms with van der Waals surface area (Å²) in [7, 11) is 3.55. The van der Waals surface area contributed by atoms with Crippen molar-refractivity contribution in [2.75, 3.05) is 29.8 Å². The highest BCUT2D eigenvalue weighted by Gasteiger charge is 2.31. The molecular weight excluding hydrogens is 452 g/mol. The van der Waals surface area contributed by atoms with Gasteiger partial charge in [0.05, 0.1) is 24.6 Å². The van der Waals surface area contributed by atoms with Crippen LogP contribution in [0.25, 0.3) is 6.08 Å². The fourth-order valence-electron chi connectivity index (χ4n) is 2.98. The first-order valence-corrected chi connectivity index (χ1v) is 11.3. The Morgan fingerprint density at radius 3 is 2.56 bits per heavy atom. The average molecular weight is 475 g/mol. The van der Waals surface area contributed by atoms with Crippen LogP contribution >= 0.6 is 11.8 Å². The fourth-order valence-corrected chi connectivity index (χ4v) is 3.77. The van der Waals surface area contributed by atoms with Crippen molar-refractivity contribution in [1.29, 1.82) is 0 Å². The van der Waals surface area contributed by atoms with Gasteiger partial charge in [0.15, 0.2) is 5.17 Å². The van der Waals surface area contributed by atoms with Crippen LogP contribution in [0.1, 0.15) is 5.56 Å². The molecule has 10 heteroatoms. The third-order valence-electron chi connectivity index (χ3n) is 4.60. The Bertz CT molecular complexity index is 1270. The summed E-state index contributed by atoms with van der Waals surface area (Å²) in [6, 6.07) is 18.9. The van der Waals surface area contributed by atoms with E-state index in [-0.39, 0.29) is 23.2 Å². The molecule has 1 aromatic heterocycles. The molecule has 0 atom stereocenters. The number of aromatic nitrogens is 2. The number of anilines is 1. The van der Waals surface area contributed by atoms with Gasteiger partial charge in [0.1, 0.15) is 5.70 Å². The minimum absolute atomic E-state index is 0.0226. The van der Waals surface area contributed by atoms with E-state index in [1.165, 1.54) is 15.9 Å². The molecule has 0 spiro atoms. The quantitative estimate of drug-likeness (QED) is 0.225. The molecule has 2 aromatic carbocycles. The maximum absolute atomic E-state index is 13.1. The number of nitrogens with zero attached hydrogens (tertiary/aromatic N) is 6. The van der Waals surface area contributed by atoms with E-state index in [1.807, 2.05) is 66.7 Å². The molecule has 2 heterocycles. The zero-order valence-corrected chi connectivity index (χ0v) is 19.4. The van der Waals surface area contributed by atoms with E-state index in [4.69, 9.17) is 4.52 Å². The van der Waals surface area contributed by atoms with Gasteiger partial charge in [-0.15, -0.1) is 0 Å². The molecule has 9 nitrogen and oxygen atoms in total. The Morgan fingerprint density at radius 1 is 1.18 bits per heavy atom. The number of aliphatic imine (C=N–C) groups is 2. The van der Waals surface area contributed by atoms with Crippen LogP contribution in [0, 0.1) is 0 Å². The van der Waals surface area contributed by atoms with Gasteiger partial charge in [-0.2, -0.15) is 5.01 Å². The van der Waals surface area contributed by atoms with E-state index in [1.54, 1.807) is 31.3 Å². The Labute approximate surface area is 201 Å². The number of benzene rings is 2. The van der Waals surface area contributed by atoms with Crippen LogP contribution in [0.4, 0.5) is 11.6 Å². The zero-order valence-electron chi connectivity index (χ0n) is 18.6. The van der Waals surface area contributed by atoms with Crippen LogP contribution in [-0.4, -0.2) is 42.1 Å². The number of rotatable bonds is 7. The van der Waals surface area contributed by atoms with E-state index >= 15 is 0 Å². The molecule has 34 heavy (non-hydrogen) atoms. The van der Waals surface area contributed by atoms with Gasteiger partial charge in [-0.3, -0.25) is 14.2 Å². The summed E-state index contributed by atoms with van der Waals surface area (Å²) in [4.78, 5) is 24.4. The SMILES string of the molecule is CN(C)[n+]1cc(/N=C(\[O-])CSC2=N/C(=C/C=C/c3ccccc3)C(=O)N2c2ccccc2)on1. The normalized spacial score (nSPS) is 15.4. The second-order valence-electron chi connectivity index (χ2n) is 7.29. The predicted molar refractivity (Wildman–Crippen MR) is 131 cm³/mol. The summed E-state index contributed by atoms with van der Waals surface area (Å²) in [5.74, 6) is -0.629.